The molecule has 0 aliphatic carbocycles. The van der Waals surface area contributed by atoms with Crippen molar-refractivity contribution in [2.45, 2.75) is 19.4 Å². The molecule has 0 aliphatic heterocycles. The third-order valence-electron chi connectivity index (χ3n) is 2.70. The summed E-state index contributed by atoms with van der Waals surface area (Å²) in [6, 6.07) is 1.66. The minimum atomic E-state index is -0.153. The van der Waals surface area contributed by atoms with Crippen molar-refractivity contribution in [1.29, 1.82) is 0 Å². The van der Waals surface area contributed by atoms with Gasteiger partial charge >= 0.3 is 0 Å². The van der Waals surface area contributed by atoms with Gasteiger partial charge in [0.25, 0.3) is 0 Å². The number of nitrogens with two attached hydrogens (primary N) is 1. The van der Waals surface area contributed by atoms with Crippen LogP contribution in [0.5, 0.6) is 0 Å². The van der Waals surface area contributed by atoms with Gasteiger partial charge in [0, 0.05) is 24.2 Å². The lowest BCUT2D eigenvalue weighted by Crippen LogP contribution is -2.25. The number of hydrogen-bond acceptors (Lipinski definition) is 5. The molecule has 0 saturated carbocycles. The summed E-state index contributed by atoms with van der Waals surface area (Å²) < 4.78 is 0. The first kappa shape index (κ1) is 13.7. The van der Waals surface area contributed by atoms with E-state index in [9.17, 15) is 0 Å². The van der Waals surface area contributed by atoms with Gasteiger partial charge in [-0.2, -0.15) is 0 Å². The average molecular weight is 278 g/mol. The molecule has 0 saturated heterocycles. The van der Waals surface area contributed by atoms with E-state index >= 15 is 0 Å². The maximum Gasteiger partial charge on any atom is 0.128 e. The minimum Gasteiger partial charge on any atom is -0.383 e. The van der Waals surface area contributed by atoms with E-state index in [1.54, 1.807) is 18.6 Å². The van der Waals surface area contributed by atoms with E-state index in [1.165, 1.54) is 6.20 Å². The van der Waals surface area contributed by atoms with E-state index in [-0.39, 0.29) is 6.04 Å². The van der Waals surface area contributed by atoms with Crippen molar-refractivity contribution in [2.24, 2.45) is 0 Å². The topological polar surface area (TPSA) is 76.7 Å². The predicted molar refractivity (Wildman–Crippen MR) is 75.8 cm³/mol. The summed E-state index contributed by atoms with van der Waals surface area (Å²) in [5.74, 6) is 0.448. The molecule has 2 rings (SSSR count). The second-order valence-corrected chi connectivity index (χ2v) is 4.58. The zero-order chi connectivity index (χ0) is 13.7. The molecule has 5 nitrogen and oxygen atoms in total. The van der Waals surface area contributed by atoms with Gasteiger partial charge in [-0.25, -0.2) is 4.98 Å². The van der Waals surface area contributed by atoms with E-state index < -0.39 is 0 Å². The third-order valence-corrected chi connectivity index (χ3v) is 2.91. The number of pyridine rings is 1. The Labute approximate surface area is 117 Å². The van der Waals surface area contributed by atoms with Gasteiger partial charge in [-0.15, -0.1) is 0 Å². The quantitative estimate of drug-likeness (QED) is 0.876. The molecule has 2 aromatic heterocycles. The molecule has 0 radical (unpaired) electrons. The van der Waals surface area contributed by atoms with Crippen LogP contribution in [0.15, 0.2) is 30.9 Å². The monoisotopic (exact) mass is 277 g/mol. The Kier molecular flexibility index (Phi) is 4.65. The van der Waals surface area contributed by atoms with Crippen LogP contribution in [0.2, 0.25) is 5.02 Å². The molecule has 0 aliphatic rings. The molecule has 100 valence electrons. The third kappa shape index (κ3) is 3.39. The molecule has 0 bridgehead atoms. The molecule has 6 heteroatoms. The number of rotatable bonds is 5. The standard InChI is InChI=1S/C13H16ClN5/c1-2-3-18-12(11-8-16-4-5-17-11)10-6-9(14)7-19-13(10)15/h4-8,12,18H,2-3H2,1H3,(H2,15,19). The van der Waals surface area contributed by atoms with E-state index in [0.717, 1.165) is 24.2 Å². The van der Waals surface area contributed by atoms with Crippen LogP contribution >= 0.6 is 11.6 Å². The van der Waals surface area contributed by atoms with Crippen LogP contribution in [0.25, 0.3) is 0 Å². The van der Waals surface area contributed by atoms with Gasteiger partial charge in [0.1, 0.15) is 5.82 Å². The summed E-state index contributed by atoms with van der Waals surface area (Å²) in [7, 11) is 0. The zero-order valence-electron chi connectivity index (χ0n) is 10.7. The molecule has 1 unspecified atom stereocenters. The first-order chi connectivity index (χ1) is 9.22. The number of hydrogen-bond donors (Lipinski definition) is 2. The first-order valence-electron chi connectivity index (χ1n) is 6.12. The molecule has 3 N–H and O–H groups in total. The summed E-state index contributed by atoms with van der Waals surface area (Å²) in [6.45, 7) is 2.94. The zero-order valence-corrected chi connectivity index (χ0v) is 11.4. The summed E-state index contributed by atoms with van der Waals surface area (Å²) in [4.78, 5) is 12.5. The van der Waals surface area contributed by atoms with Crippen LogP contribution in [0.1, 0.15) is 30.6 Å². The average Bonchev–Trinajstić information content (AvgIpc) is 2.44. The predicted octanol–water partition coefficient (Wildman–Crippen LogP) is 2.20. The number of nitrogens with one attached hydrogen (secondary N) is 1. The Morgan fingerprint density at radius 2 is 2.16 bits per heavy atom. The number of halogens is 1. The van der Waals surface area contributed by atoms with Gasteiger partial charge in [-0.3, -0.25) is 9.97 Å². The van der Waals surface area contributed by atoms with Crippen molar-refractivity contribution in [3.8, 4) is 0 Å². The molecule has 0 amide bonds. The van der Waals surface area contributed by atoms with Crippen LogP contribution in [0.4, 0.5) is 5.82 Å². The SMILES string of the molecule is CCCNC(c1cnccn1)c1cc(Cl)cnc1N. The summed E-state index contributed by atoms with van der Waals surface area (Å²) in [5, 5.41) is 3.94. The van der Waals surface area contributed by atoms with Crippen molar-refractivity contribution in [3.05, 3.63) is 47.1 Å². The molecule has 0 fully saturated rings. The summed E-state index contributed by atoms with van der Waals surface area (Å²) >= 11 is 6.00. The van der Waals surface area contributed by atoms with Crippen molar-refractivity contribution in [1.82, 2.24) is 20.3 Å². The highest BCUT2D eigenvalue weighted by Crippen LogP contribution is 2.26. The van der Waals surface area contributed by atoms with Crippen LogP contribution in [-0.4, -0.2) is 21.5 Å². The second-order valence-electron chi connectivity index (χ2n) is 4.15. The molecule has 19 heavy (non-hydrogen) atoms. The Balaban J connectivity index is 2.40. The molecule has 0 aromatic carbocycles. The van der Waals surface area contributed by atoms with Gasteiger partial charge in [-0.1, -0.05) is 18.5 Å². The van der Waals surface area contributed by atoms with Crippen LogP contribution in [0, 0.1) is 0 Å². The van der Waals surface area contributed by atoms with Crippen molar-refractivity contribution in [3.63, 3.8) is 0 Å². The number of aromatic nitrogens is 3. The minimum absolute atomic E-state index is 0.153. The Morgan fingerprint density at radius 3 is 2.84 bits per heavy atom. The molecule has 0 spiro atoms. The fourth-order valence-corrected chi connectivity index (χ4v) is 1.99. The Hall–Kier alpha value is -1.72. The molecular formula is C13H16ClN5. The highest BCUT2D eigenvalue weighted by molar-refractivity contribution is 6.30. The van der Waals surface area contributed by atoms with E-state index in [4.69, 9.17) is 17.3 Å². The fraction of sp³-hybridized carbons (Fsp3) is 0.308. The fourth-order valence-electron chi connectivity index (χ4n) is 1.82. The van der Waals surface area contributed by atoms with E-state index in [0.29, 0.717) is 10.8 Å². The van der Waals surface area contributed by atoms with Gasteiger partial charge in [0.2, 0.25) is 0 Å². The number of nitrogens with zero attached hydrogens (tertiary/aromatic N) is 3. The van der Waals surface area contributed by atoms with Crippen molar-refractivity contribution >= 4 is 17.4 Å². The van der Waals surface area contributed by atoms with Crippen molar-refractivity contribution in [2.75, 3.05) is 12.3 Å². The lowest BCUT2D eigenvalue weighted by molar-refractivity contribution is 0.584. The van der Waals surface area contributed by atoms with Crippen LogP contribution < -0.4 is 11.1 Å². The molecule has 1 atom stereocenters. The molecular weight excluding hydrogens is 262 g/mol. The lowest BCUT2D eigenvalue weighted by atomic mass is 10.0. The van der Waals surface area contributed by atoms with Gasteiger partial charge in [0.05, 0.1) is 23.0 Å². The van der Waals surface area contributed by atoms with Crippen LogP contribution in [-0.2, 0) is 0 Å². The highest BCUT2D eigenvalue weighted by Gasteiger charge is 2.18. The first-order valence-corrected chi connectivity index (χ1v) is 6.50. The van der Waals surface area contributed by atoms with Gasteiger partial charge in [0.15, 0.2) is 0 Å². The van der Waals surface area contributed by atoms with Crippen molar-refractivity contribution < 1.29 is 0 Å². The van der Waals surface area contributed by atoms with E-state index in [2.05, 4.69) is 27.2 Å². The van der Waals surface area contributed by atoms with Crippen LogP contribution in [0.3, 0.4) is 0 Å². The maximum atomic E-state index is 6.00. The lowest BCUT2D eigenvalue weighted by Gasteiger charge is -2.19. The maximum absolute atomic E-state index is 6.00. The highest BCUT2D eigenvalue weighted by atomic mass is 35.5. The Morgan fingerprint density at radius 1 is 1.32 bits per heavy atom. The van der Waals surface area contributed by atoms with Gasteiger partial charge < -0.3 is 11.1 Å². The Bertz CT molecular complexity index is 532. The van der Waals surface area contributed by atoms with E-state index in [1.807, 2.05) is 6.07 Å². The molecule has 2 aromatic rings. The van der Waals surface area contributed by atoms with Gasteiger partial charge in [-0.05, 0) is 19.0 Å². The number of nitrogen functional groups attached to an aromatic ring is 1. The largest absolute Gasteiger partial charge is 0.383 e. The number of anilines is 1. The normalized spacial score (nSPS) is 12.3. The summed E-state index contributed by atoms with van der Waals surface area (Å²) in [5.41, 5.74) is 7.56. The smallest absolute Gasteiger partial charge is 0.128 e. The summed E-state index contributed by atoms with van der Waals surface area (Å²) in [6.07, 6.45) is 7.55. The second kappa shape index (κ2) is 6.45. The molecule has 2 heterocycles.